The van der Waals surface area contributed by atoms with Crippen LogP contribution < -0.4 is 10.6 Å². The van der Waals surface area contributed by atoms with Crippen molar-refractivity contribution in [3.8, 4) is 0 Å². The molecule has 3 aromatic rings. The van der Waals surface area contributed by atoms with Crippen LogP contribution in [0.4, 0.5) is 10.1 Å². The molecule has 2 heterocycles. The molecule has 3 amide bonds. The molecule has 178 valence electrons. The quantitative estimate of drug-likeness (QED) is 0.517. The van der Waals surface area contributed by atoms with E-state index in [2.05, 4.69) is 15.6 Å². The second-order valence-electron chi connectivity index (χ2n) is 9.73. The van der Waals surface area contributed by atoms with Crippen molar-refractivity contribution in [3.63, 3.8) is 0 Å². The number of hydrogen-bond donors (Lipinski definition) is 3. The van der Waals surface area contributed by atoms with Crippen molar-refractivity contribution in [1.82, 2.24) is 15.2 Å². The van der Waals surface area contributed by atoms with Gasteiger partial charge >= 0.3 is 0 Å². The van der Waals surface area contributed by atoms with E-state index in [1.165, 1.54) is 12.1 Å². The van der Waals surface area contributed by atoms with Gasteiger partial charge in [0.1, 0.15) is 5.82 Å². The van der Waals surface area contributed by atoms with Gasteiger partial charge in [0.2, 0.25) is 11.8 Å². The maximum absolute atomic E-state index is 13.6. The largest absolute Gasteiger partial charge is 0.361 e. The molecule has 0 bridgehead atoms. The highest BCUT2D eigenvalue weighted by atomic mass is 19.1. The lowest BCUT2D eigenvalue weighted by Gasteiger charge is -2.22. The number of aromatic nitrogens is 1. The van der Waals surface area contributed by atoms with E-state index >= 15 is 0 Å². The minimum Gasteiger partial charge on any atom is -0.361 e. The first-order chi connectivity index (χ1) is 16.1. The fraction of sp³-hybridized carbons (Fsp3) is 0.346. The van der Waals surface area contributed by atoms with Gasteiger partial charge in [-0.15, -0.1) is 0 Å². The molecule has 0 unspecified atom stereocenters. The summed E-state index contributed by atoms with van der Waals surface area (Å²) in [5.74, 6) is -1.47. The smallest absolute Gasteiger partial charge is 0.253 e. The molecule has 3 N–H and O–H groups in total. The Morgan fingerprint density at radius 3 is 2.71 bits per heavy atom. The fourth-order valence-corrected chi connectivity index (χ4v) is 4.21. The lowest BCUT2D eigenvalue weighted by Crippen LogP contribution is -2.41. The number of carbonyl (C=O) groups is 3. The average molecular weight is 465 g/mol. The number of H-pyrrole nitrogens is 1. The first-order valence-corrected chi connectivity index (χ1v) is 11.4. The summed E-state index contributed by atoms with van der Waals surface area (Å²) in [5, 5.41) is 6.53. The van der Waals surface area contributed by atoms with Crippen molar-refractivity contribution in [3.05, 3.63) is 65.6 Å². The maximum Gasteiger partial charge on any atom is 0.253 e. The molecular weight excluding hydrogens is 435 g/mol. The van der Waals surface area contributed by atoms with Gasteiger partial charge in [-0.2, -0.15) is 0 Å². The van der Waals surface area contributed by atoms with Gasteiger partial charge in [-0.05, 0) is 63.1 Å². The molecule has 0 saturated carbocycles. The zero-order valence-electron chi connectivity index (χ0n) is 19.6. The van der Waals surface area contributed by atoms with Crippen LogP contribution >= 0.6 is 0 Å². The van der Waals surface area contributed by atoms with Crippen LogP contribution in [0.15, 0.2) is 48.7 Å². The van der Waals surface area contributed by atoms with Crippen molar-refractivity contribution < 1.29 is 18.8 Å². The minimum absolute atomic E-state index is 0.0927. The number of nitrogens with one attached hydrogen (secondary N) is 3. The molecule has 0 spiro atoms. The van der Waals surface area contributed by atoms with Crippen LogP contribution in [-0.2, 0) is 16.0 Å². The Kier molecular flexibility index (Phi) is 6.41. The standard InChI is InChI=1S/C26H29FN4O3/c1-26(2,3)30-25(34)19-6-4-5-7-22(19)29-24(33)17-12-23(32)31(15-17)11-10-16-14-28-21-9-8-18(27)13-20(16)21/h4-9,13-14,17,28H,10-12,15H2,1-3H3,(H,29,33)(H,30,34)/t17-/m1/s1. The second kappa shape index (κ2) is 9.29. The monoisotopic (exact) mass is 464 g/mol. The number of amides is 3. The van der Waals surface area contributed by atoms with Gasteiger partial charge in [0.05, 0.1) is 17.2 Å². The summed E-state index contributed by atoms with van der Waals surface area (Å²) in [6, 6.07) is 11.4. The first-order valence-electron chi connectivity index (χ1n) is 11.4. The van der Waals surface area contributed by atoms with Gasteiger partial charge in [0.15, 0.2) is 0 Å². The van der Waals surface area contributed by atoms with Crippen molar-refractivity contribution >= 4 is 34.3 Å². The Bertz CT molecular complexity index is 1240. The Hall–Kier alpha value is -3.68. The van der Waals surface area contributed by atoms with E-state index in [1.54, 1.807) is 35.2 Å². The number of nitrogens with zero attached hydrogens (tertiary/aromatic N) is 1. The Labute approximate surface area is 197 Å². The van der Waals surface area contributed by atoms with Gasteiger partial charge in [0.25, 0.3) is 5.91 Å². The molecule has 4 rings (SSSR count). The number of halogens is 1. The molecule has 2 aromatic carbocycles. The topological polar surface area (TPSA) is 94.3 Å². The van der Waals surface area contributed by atoms with Crippen LogP contribution in [0, 0.1) is 11.7 Å². The van der Waals surface area contributed by atoms with Crippen LogP contribution in [0.3, 0.4) is 0 Å². The normalized spacial score (nSPS) is 16.2. The van der Waals surface area contributed by atoms with E-state index in [9.17, 15) is 18.8 Å². The molecule has 1 fully saturated rings. The average Bonchev–Trinajstić information content (AvgIpc) is 3.34. The van der Waals surface area contributed by atoms with Gasteiger partial charge < -0.3 is 20.5 Å². The lowest BCUT2D eigenvalue weighted by molar-refractivity contribution is -0.128. The summed E-state index contributed by atoms with van der Waals surface area (Å²) in [5.41, 5.74) is 2.15. The zero-order chi connectivity index (χ0) is 24.5. The molecule has 1 aromatic heterocycles. The number of fused-ring (bicyclic) bond motifs is 1. The number of rotatable bonds is 6. The summed E-state index contributed by atoms with van der Waals surface area (Å²) in [4.78, 5) is 42.9. The molecule has 8 heteroatoms. The predicted octanol–water partition coefficient (Wildman–Crippen LogP) is 3.87. The first kappa shape index (κ1) is 23.5. The fourth-order valence-electron chi connectivity index (χ4n) is 4.21. The van der Waals surface area contributed by atoms with E-state index in [1.807, 2.05) is 27.0 Å². The van der Waals surface area contributed by atoms with Gasteiger partial charge in [-0.25, -0.2) is 4.39 Å². The molecular formula is C26H29FN4O3. The Morgan fingerprint density at radius 1 is 1.18 bits per heavy atom. The molecule has 0 aliphatic carbocycles. The SMILES string of the molecule is CC(C)(C)NC(=O)c1ccccc1NC(=O)[C@@H]1CC(=O)N(CCc2c[nH]c3ccc(F)cc23)C1. The molecule has 1 aliphatic heterocycles. The van der Waals surface area contributed by atoms with E-state index in [-0.39, 0.29) is 30.0 Å². The number of hydrogen-bond acceptors (Lipinski definition) is 3. The van der Waals surface area contributed by atoms with Crippen LogP contribution in [0.2, 0.25) is 0 Å². The van der Waals surface area contributed by atoms with E-state index < -0.39 is 11.5 Å². The number of aromatic amines is 1. The molecule has 7 nitrogen and oxygen atoms in total. The number of para-hydroxylation sites is 1. The van der Waals surface area contributed by atoms with E-state index in [4.69, 9.17) is 0 Å². The van der Waals surface area contributed by atoms with Crippen LogP contribution in [0.1, 0.15) is 43.1 Å². The molecule has 1 aliphatic rings. The molecule has 1 saturated heterocycles. The molecule has 34 heavy (non-hydrogen) atoms. The van der Waals surface area contributed by atoms with E-state index in [0.717, 1.165) is 16.5 Å². The highest BCUT2D eigenvalue weighted by molar-refractivity contribution is 6.05. The third-order valence-corrected chi connectivity index (χ3v) is 5.88. The molecule has 1 atom stereocenters. The number of likely N-dealkylation sites (tertiary alicyclic amines) is 1. The van der Waals surface area contributed by atoms with E-state index in [0.29, 0.717) is 30.8 Å². The van der Waals surface area contributed by atoms with Crippen LogP contribution in [-0.4, -0.2) is 46.2 Å². The summed E-state index contributed by atoms with van der Waals surface area (Å²) in [6.07, 6.45) is 2.50. The molecule has 0 radical (unpaired) electrons. The summed E-state index contributed by atoms with van der Waals surface area (Å²) in [7, 11) is 0. The van der Waals surface area contributed by atoms with Gasteiger partial charge in [0, 0.05) is 42.1 Å². The summed E-state index contributed by atoms with van der Waals surface area (Å²) >= 11 is 0. The Balaban J connectivity index is 1.39. The Morgan fingerprint density at radius 2 is 1.94 bits per heavy atom. The number of anilines is 1. The summed E-state index contributed by atoms with van der Waals surface area (Å²) in [6.45, 7) is 6.40. The van der Waals surface area contributed by atoms with Crippen LogP contribution in [0.5, 0.6) is 0 Å². The highest BCUT2D eigenvalue weighted by Gasteiger charge is 2.34. The third kappa shape index (κ3) is 5.27. The lowest BCUT2D eigenvalue weighted by atomic mass is 10.1. The maximum atomic E-state index is 13.6. The van der Waals surface area contributed by atoms with Crippen molar-refractivity contribution in [2.45, 2.75) is 39.2 Å². The second-order valence-corrected chi connectivity index (χ2v) is 9.73. The van der Waals surface area contributed by atoms with Gasteiger partial charge in [-0.3, -0.25) is 14.4 Å². The van der Waals surface area contributed by atoms with Crippen LogP contribution in [0.25, 0.3) is 10.9 Å². The number of carbonyl (C=O) groups excluding carboxylic acids is 3. The van der Waals surface area contributed by atoms with Crippen molar-refractivity contribution in [2.24, 2.45) is 5.92 Å². The van der Waals surface area contributed by atoms with Gasteiger partial charge in [-0.1, -0.05) is 12.1 Å². The van der Waals surface area contributed by atoms with Crippen molar-refractivity contribution in [2.75, 3.05) is 18.4 Å². The highest BCUT2D eigenvalue weighted by Crippen LogP contribution is 2.24. The number of benzene rings is 2. The summed E-state index contributed by atoms with van der Waals surface area (Å²) < 4.78 is 13.6. The predicted molar refractivity (Wildman–Crippen MR) is 129 cm³/mol. The van der Waals surface area contributed by atoms with Crippen molar-refractivity contribution in [1.29, 1.82) is 0 Å². The third-order valence-electron chi connectivity index (χ3n) is 5.88. The zero-order valence-corrected chi connectivity index (χ0v) is 19.6. The minimum atomic E-state index is -0.508.